The van der Waals surface area contributed by atoms with Crippen LogP contribution >= 0.6 is 11.6 Å². The minimum absolute atomic E-state index is 0.0746. The molecule has 9 heteroatoms. The number of nitrogens with zero attached hydrogens (tertiary/aromatic N) is 1. The third-order valence-electron chi connectivity index (χ3n) is 3.84. The fourth-order valence-electron chi connectivity index (χ4n) is 2.51. The SMILES string of the molecule is CC(C)NS(=O)(=O)c1ccc(C(=O)OCc2cc(-c3ccc(Cl)cc3)no2)cc1. The minimum atomic E-state index is -3.62. The van der Waals surface area contributed by atoms with E-state index >= 15 is 0 Å². The van der Waals surface area contributed by atoms with Gasteiger partial charge in [0, 0.05) is 22.7 Å². The highest BCUT2D eigenvalue weighted by atomic mass is 35.5. The van der Waals surface area contributed by atoms with Crippen LogP contribution in [0, 0.1) is 0 Å². The Labute approximate surface area is 173 Å². The molecule has 1 aromatic heterocycles. The molecule has 2 aromatic carbocycles. The molecule has 3 aromatic rings. The number of aromatic nitrogens is 1. The zero-order valence-corrected chi connectivity index (χ0v) is 17.3. The molecule has 0 atom stereocenters. The summed E-state index contributed by atoms with van der Waals surface area (Å²) in [5.41, 5.74) is 1.65. The first-order valence-corrected chi connectivity index (χ1v) is 10.6. The van der Waals surface area contributed by atoms with Crippen molar-refractivity contribution in [1.82, 2.24) is 9.88 Å². The Kier molecular flexibility index (Phi) is 6.36. The van der Waals surface area contributed by atoms with E-state index in [4.69, 9.17) is 20.9 Å². The molecule has 0 saturated heterocycles. The second-order valence-corrected chi connectivity index (χ2v) is 8.71. The van der Waals surface area contributed by atoms with E-state index in [-0.39, 0.29) is 23.1 Å². The molecule has 0 amide bonds. The number of carbonyl (C=O) groups excluding carboxylic acids is 1. The molecule has 3 rings (SSSR count). The van der Waals surface area contributed by atoms with Gasteiger partial charge in [-0.25, -0.2) is 17.9 Å². The molecule has 0 bridgehead atoms. The Balaban J connectivity index is 1.62. The van der Waals surface area contributed by atoms with Crippen LogP contribution in [0.2, 0.25) is 5.02 Å². The van der Waals surface area contributed by atoms with E-state index in [1.54, 1.807) is 44.2 Å². The first kappa shape index (κ1) is 21.0. The molecule has 0 spiro atoms. The molecular weight excluding hydrogens is 416 g/mol. The van der Waals surface area contributed by atoms with E-state index in [2.05, 4.69) is 9.88 Å². The lowest BCUT2D eigenvalue weighted by Gasteiger charge is -2.09. The van der Waals surface area contributed by atoms with Gasteiger partial charge in [-0.15, -0.1) is 0 Å². The summed E-state index contributed by atoms with van der Waals surface area (Å²) in [4.78, 5) is 12.3. The van der Waals surface area contributed by atoms with Crippen LogP contribution < -0.4 is 4.72 Å². The second-order valence-electron chi connectivity index (χ2n) is 6.56. The zero-order valence-electron chi connectivity index (χ0n) is 15.8. The summed E-state index contributed by atoms with van der Waals surface area (Å²) in [5.74, 6) is -0.223. The number of nitrogens with one attached hydrogen (secondary N) is 1. The van der Waals surface area contributed by atoms with Gasteiger partial charge in [-0.1, -0.05) is 28.9 Å². The highest BCUT2D eigenvalue weighted by Crippen LogP contribution is 2.22. The van der Waals surface area contributed by atoms with E-state index in [1.807, 2.05) is 0 Å². The maximum atomic E-state index is 12.2. The summed E-state index contributed by atoms with van der Waals surface area (Å²) in [6, 6.07) is 14.0. The summed E-state index contributed by atoms with van der Waals surface area (Å²) >= 11 is 5.87. The Morgan fingerprint density at radius 3 is 2.41 bits per heavy atom. The highest BCUT2D eigenvalue weighted by Gasteiger charge is 2.17. The van der Waals surface area contributed by atoms with Crippen molar-refractivity contribution in [1.29, 1.82) is 0 Å². The lowest BCUT2D eigenvalue weighted by atomic mass is 10.1. The van der Waals surface area contributed by atoms with Crippen molar-refractivity contribution in [2.45, 2.75) is 31.4 Å². The van der Waals surface area contributed by atoms with Crippen LogP contribution in [0.15, 0.2) is 64.0 Å². The van der Waals surface area contributed by atoms with E-state index in [1.165, 1.54) is 24.3 Å². The fraction of sp³-hybridized carbons (Fsp3) is 0.200. The number of benzene rings is 2. The van der Waals surface area contributed by atoms with E-state index < -0.39 is 16.0 Å². The fourth-order valence-corrected chi connectivity index (χ4v) is 3.88. The number of esters is 1. The summed E-state index contributed by atoms with van der Waals surface area (Å²) in [5, 5.41) is 4.56. The maximum absolute atomic E-state index is 12.2. The van der Waals surface area contributed by atoms with Crippen LogP contribution in [0.1, 0.15) is 30.0 Å². The van der Waals surface area contributed by atoms with E-state index in [0.717, 1.165) is 5.56 Å². The van der Waals surface area contributed by atoms with Gasteiger partial charge in [0.15, 0.2) is 12.4 Å². The summed E-state index contributed by atoms with van der Waals surface area (Å²) in [6.45, 7) is 3.35. The monoisotopic (exact) mass is 434 g/mol. The average molecular weight is 435 g/mol. The number of halogens is 1. The van der Waals surface area contributed by atoms with Gasteiger partial charge in [-0.2, -0.15) is 0 Å². The Morgan fingerprint density at radius 1 is 1.14 bits per heavy atom. The lowest BCUT2D eigenvalue weighted by molar-refractivity contribution is 0.0437. The van der Waals surface area contributed by atoms with E-state index in [9.17, 15) is 13.2 Å². The molecule has 0 saturated carbocycles. The lowest BCUT2D eigenvalue weighted by Crippen LogP contribution is -2.30. The molecule has 29 heavy (non-hydrogen) atoms. The van der Waals surface area contributed by atoms with Crippen molar-refractivity contribution in [3.63, 3.8) is 0 Å². The van der Waals surface area contributed by atoms with Crippen molar-refractivity contribution in [2.75, 3.05) is 0 Å². The average Bonchev–Trinajstić information content (AvgIpc) is 3.15. The molecule has 1 heterocycles. The van der Waals surface area contributed by atoms with Crippen molar-refractivity contribution in [3.05, 3.63) is 70.9 Å². The van der Waals surface area contributed by atoms with Crippen LogP contribution in [-0.2, 0) is 21.4 Å². The van der Waals surface area contributed by atoms with Gasteiger partial charge in [0.25, 0.3) is 0 Å². The molecule has 7 nitrogen and oxygen atoms in total. The third kappa shape index (κ3) is 5.44. The first-order valence-electron chi connectivity index (χ1n) is 8.75. The minimum Gasteiger partial charge on any atom is -0.454 e. The molecule has 152 valence electrons. The molecule has 0 aliphatic heterocycles. The van der Waals surface area contributed by atoms with Crippen LogP contribution in [0.3, 0.4) is 0 Å². The van der Waals surface area contributed by atoms with Crippen LogP contribution in [0.25, 0.3) is 11.3 Å². The molecule has 0 aliphatic rings. The first-order chi connectivity index (χ1) is 13.7. The topological polar surface area (TPSA) is 98.5 Å². The normalized spacial score (nSPS) is 11.6. The largest absolute Gasteiger partial charge is 0.454 e. The molecule has 1 N–H and O–H groups in total. The van der Waals surface area contributed by atoms with Crippen LogP contribution in [0.5, 0.6) is 0 Å². The summed E-state index contributed by atoms with van der Waals surface area (Å²) in [6.07, 6.45) is 0. The molecule has 0 fully saturated rings. The predicted octanol–water partition coefficient (Wildman–Crippen LogP) is 4.04. The predicted molar refractivity (Wildman–Crippen MR) is 108 cm³/mol. The second kappa shape index (κ2) is 8.77. The standard InChI is InChI=1S/C20H19ClN2O5S/c1-13(2)23-29(25,26)18-9-5-15(6-10-18)20(24)27-12-17-11-19(22-28-17)14-3-7-16(21)8-4-14/h3-11,13,23H,12H2,1-2H3. The quantitative estimate of drug-likeness (QED) is 0.563. The maximum Gasteiger partial charge on any atom is 0.338 e. The Morgan fingerprint density at radius 2 is 1.79 bits per heavy atom. The van der Waals surface area contributed by atoms with Crippen molar-refractivity contribution in [2.24, 2.45) is 0 Å². The third-order valence-corrected chi connectivity index (χ3v) is 5.76. The van der Waals surface area contributed by atoms with Gasteiger partial charge in [0.2, 0.25) is 10.0 Å². The van der Waals surface area contributed by atoms with Gasteiger partial charge < -0.3 is 9.26 Å². The van der Waals surface area contributed by atoms with Gasteiger partial charge in [0.05, 0.1) is 10.5 Å². The van der Waals surface area contributed by atoms with Gasteiger partial charge in [-0.05, 0) is 50.2 Å². The smallest absolute Gasteiger partial charge is 0.338 e. The molecule has 0 aliphatic carbocycles. The van der Waals surface area contributed by atoms with Crippen molar-refractivity contribution >= 4 is 27.6 Å². The number of hydrogen-bond acceptors (Lipinski definition) is 6. The van der Waals surface area contributed by atoms with E-state index in [0.29, 0.717) is 16.5 Å². The van der Waals surface area contributed by atoms with Crippen molar-refractivity contribution < 1.29 is 22.5 Å². The molecule has 0 unspecified atom stereocenters. The Bertz CT molecular complexity index is 1090. The number of rotatable bonds is 7. The van der Waals surface area contributed by atoms with Gasteiger partial charge in [-0.3, -0.25) is 0 Å². The number of sulfonamides is 1. The van der Waals surface area contributed by atoms with Gasteiger partial charge >= 0.3 is 5.97 Å². The van der Waals surface area contributed by atoms with Crippen LogP contribution in [-0.4, -0.2) is 25.6 Å². The number of carbonyl (C=O) groups is 1. The number of ether oxygens (including phenoxy) is 1. The van der Waals surface area contributed by atoms with Crippen LogP contribution in [0.4, 0.5) is 0 Å². The summed E-state index contributed by atoms with van der Waals surface area (Å²) < 4.78 is 37.1. The van der Waals surface area contributed by atoms with Crippen molar-refractivity contribution in [3.8, 4) is 11.3 Å². The summed E-state index contributed by atoms with van der Waals surface area (Å²) in [7, 11) is -3.62. The zero-order chi connectivity index (χ0) is 21.0. The molecular formula is C20H19ClN2O5S. The van der Waals surface area contributed by atoms with Gasteiger partial charge in [0.1, 0.15) is 5.69 Å². The Hall–Kier alpha value is -2.68. The highest BCUT2D eigenvalue weighted by molar-refractivity contribution is 7.89. The number of hydrogen-bond donors (Lipinski definition) is 1. The molecule has 0 radical (unpaired) electrons.